The van der Waals surface area contributed by atoms with Gasteiger partial charge in [-0.05, 0) is 53.1 Å². The summed E-state index contributed by atoms with van der Waals surface area (Å²) in [5.41, 5.74) is 1.78. The Morgan fingerprint density at radius 1 is 1.00 bits per heavy atom. The zero-order valence-corrected chi connectivity index (χ0v) is 18.7. The monoisotopic (exact) mass is 450 g/mol. The minimum Gasteiger partial charge on any atom is -0.379 e. The maximum atomic E-state index is 12.7. The van der Waals surface area contributed by atoms with Crippen molar-refractivity contribution in [2.75, 3.05) is 26.3 Å². The Labute approximate surface area is 188 Å². The molecule has 0 radical (unpaired) electrons. The molecule has 166 valence electrons. The summed E-state index contributed by atoms with van der Waals surface area (Å²) in [5, 5.41) is 5.26. The fourth-order valence-electron chi connectivity index (χ4n) is 3.68. The molecule has 0 saturated carbocycles. The first-order valence-corrected chi connectivity index (χ1v) is 12.0. The molecule has 32 heavy (non-hydrogen) atoms. The fraction of sp³-hybridized carbons (Fsp3) is 0.240. The van der Waals surface area contributed by atoms with E-state index >= 15 is 0 Å². The molecule has 0 bridgehead atoms. The van der Waals surface area contributed by atoms with Gasteiger partial charge >= 0.3 is 0 Å². The van der Waals surface area contributed by atoms with Crippen molar-refractivity contribution in [2.45, 2.75) is 17.9 Å². The van der Waals surface area contributed by atoms with Crippen molar-refractivity contribution in [3.8, 4) is 0 Å². The van der Waals surface area contributed by atoms with E-state index in [-0.39, 0.29) is 16.8 Å². The Kier molecular flexibility index (Phi) is 6.69. The molecule has 6 nitrogen and oxygen atoms in total. The second-order valence-corrected chi connectivity index (χ2v) is 9.69. The first kappa shape index (κ1) is 22.2. The molecule has 1 unspecified atom stereocenters. The van der Waals surface area contributed by atoms with Crippen molar-refractivity contribution >= 4 is 32.8 Å². The highest BCUT2D eigenvalue weighted by atomic mass is 32.2. The molecule has 1 atom stereocenters. The smallest absolute Gasteiger partial charge is 0.244 e. The number of benzene rings is 3. The van der Waals surface area contributed by atoms with Crippen LogP contribution in [0.2, 0.25) is 0 Å². The summed E-state index contributed by atoms with van der Waals surface area (Å²) >= 11 is 0. The largest absolute Gasteiger partial charge is 0.379 e. The second kappa shape index (κ2) is 9.65. The standard InChI is InChI=1S/C25H26N2O4S/c1-19(22-10-9-21-4-2-3-5-23(21)18-22)26-25(28)13-8-20-6-11-24(12-7-20)32(29,30)27-14-16-31-17-15-27/h2-13,18-19H,14-17H2,1H3,(H,26,28). The van der Waals surface area contributed by atoms with Crippen LogP contribution in [0.3, 0.4) is 0 Å². The second-order valence-electron chi connectivity index (χ2n) is 7.76. The Hall–Kier alpha value is -3.00. The maximum absolute atomic E-state index is 12.7. The highest BCUT2D eigenvalue weighted by Gasteiger charge is 2.25. The van der Waals surface area contributed by atoms with Gasteiger partial charge < -0.3 is 10.1 Å². The Bertz CT molecular complexity index is 1230. The number of carbonyl (C=O) groups excluding carboxylic acids is 1. The number of rotatable bonds is 6. The number of carbonyl (C=O) groups is 1. The van der Waals surface area contributed by atoms with Crippen molar-refractivity contribution in [1.29, 1.82) is 0 Å². The summed E-state index contributed by atoms with van der Waals surface area (Å²) in [4.78, 5) is 12.6. The summed E-state index contributed by atoms with van der Waals surface area (Å²) in [6.07, 6.45) is 3.14. The number of morpholine rings is 1. The molecule has 1 heterocycles. The van der Waals surface area contributed by atoms with E-state index in [4.69, 9.17) is 4.74 Å². The van der Waals surface area contributed by atoms with Gasteiger partial charge in [0.25, 0.3) is 0 Å². The number of nitrogens with one attached hydrogen (secondary N) is 1. The SMILES string of the molecule is CC(NC(=O)C=Cc1ccc(S(=O)(=O)N2CCOCC2)cc1)c1ccc2ccccc2c1. The van der Waals surface area contributed by atoms with E-state index in [0.717, 1.165) is 21.9 Å². The molecule has 0 spiro atoms. The Morgan fingerprint density at radius 3 is 2.41 bits per heavy atom. The van der Waals surface area contributed by atoms with Gasteiger partial charge in [-0.1, -0.05) is 48.5 Å². The third kappa shape index (κ3) is 5.07. The van der Waals surface area contributed by atoms with Gasteiger partial charge in [0.1, 0.15) is 0 Å². The minimum atomic E-state index is -3.52. The van der Waals surface area contributed by atoms with Gasteiger partial charge in [0.05, 0.1) is 24.2 Å². The molecule has 1 amide bonds. The maximum Gasteiger partial charge on any atom is 0.244 e. The number of hydrogen-bond acceptors (Lipinski definition) is 4. The van der Waals surface area contributed by atoms with Gasteiger partial charge in [-0.15, -0.1) is 0 Å². The van der Waals surface area contributed by atoms with E-state index in [1.165, 1.54) is 10.4 Å². The number of nitrogens with zero attached hydrogens (tertiary/aromatic N) is 1. The summed E-state index contributed by atoms with van der Waals surface area (Å²) in [6, 6.07) is 20.7. The minimum absolute atomic E-state index is 0.141. The number of ether oxygens (including phenoxy) is 1. The van der Waals surface area contributed by atoms with Crippen LogP contribution in [0.15, 0.2) is 77.7 Å². The van der Waals surface area contributed by atoms with Crippen LogP contribution in [-0.4, -0.2) is 44.9 Å². The van der Waals surface area contributed by atoms with Crippen molar-refractivity contribution in [3.63, 3.8) is 0 Å². The van der Waals surface area contributed by atoms with E-state index < -0.39 is 10.0 Å². The Morgan fingerprint density at radius 2 is 1.69 bits per heavy atom. The molecule has 1 fully saturated rings. The van der Waals surface area contributed by atoms with Crippen LogP contribution in [0.4, 0.5) is 0 Å². The molecule has 0 aromatic heterocycles. The number of hydrogen-bond donors (Lipinski definition) is 1. The van der Waals surface area contributed by atoms with Gasteiger partial charge in [-0.3, -0.25) is 4.79 Å². The third-order valence-electron chi connectivity index (χ3n) is 5.55. The van der Waals surface area contributed by atoms with Crippen LogP contribution in [0.1, 0.15) is 24.1 Å². The van der Waals surface area contributed by atoms with E-state index in [9.17, 15) is 13.2 Å². The summed E-state index contributed by atoms with van der Waals surface area (Å²) in [5.74, 6) is -0.212. The first-order valence-electron chi connectivity index (χ1n) is 10.6. The lowest BCUT2D eigenvalue weighted by Crippen LogP contribution is -2.40. The van der Waals surface area contributed by atoms with Gasteiger partial charge in [-0.2, -0.15) is 4.31 Å². The molecule has 4 rings (SSSR count). The molecule has 0 aliphatic carbocycles. The van der Waals surface area contributed by atoms with Crippen molar-refractivity contribution < 1.29 is 17.9 Å². The summed E-state index contributed by atoms with van der Waals surface area (Å²) < 4.78 is 32.0. The molecule has 1 aliphatic heterocycles. The van der Waals surface area contributed by atoms with Crippen molar-refractivity contribution in [3.05, 3.63) is 83.9 Å². The van der Waals surface area contributed by atoms with Gasteiger partial charge in [0.2, 0.25) is 15.9 Å². The highest BCUT2D eigenvalue weighted by Crippen LogP contribution is 2.21. The summed E-state index contributed by atoms with van der Waals surface area (Å²) in [7, 11) is -3.52. The molecule has 1 aliphatic rings. The quantitative estimate of drug-likeness (QED) is 0.581. The molecular weight excluding hydrogens is 424 g/mol. The lowest BCUT2D eigenvalue weighted by atomic mass is 10.0. The van der Waals surface area contributed by atoms with Crippen LogP contribution >= 0.6 is 0 Å². The lowest BCUT2D eigenvalue weighted by Gasteiger charge is -2.26. The van der Waals surface area contributed by atoms with Gasteiger partial charge in [-0.25, -0.2) is 8.42 Å². The number of sulfonamides is 1. The third-order valence-corrected chi connectivity index (χ3v) is 7.46. The first-order chi connectivity index (χ1) is 15.4. The zero-order chi connectivity index (χ0) is 22.6. The number of fused-ring (bicyclic) bond motifs is 1. The average molecular weight is 451 g/mol. The number of amides is 1. The van der Waals surface area contributed by atoms with E-state index in [0.29, 0.717) is 26.3 Å². The van der Waals surface area contributed by atoms with Gasteiger partial charge in [0.15, 0.2) is 0 Å². The Balaban J connectivity index is 1.38. The highest BCUT2D eigenvalue weighted by molar-refractivity contribution is 7.89. The van der Waals surface area contributed by atoms with E-state index in [2.05, 4.69) is 29.6 Å². The van der Waals surface area contributed by atoms with Crippen LogP contribution in [0.5, 0.6) is 0 Å². The lowest BCUT2D eigenvalue weighted by molar-refractivity contribution is -0.117. The predicted octanol–water partition coefficient (Wildman–Crippen LogP) is 3.75. The molecular formula is C25H26N2O4S. The topological polar surface area (TPSA) is 75.7 Å². The molecule has 3 aromatic rings. The van der Waals surface area contributed by atoms with E-state index in [1.807, 2.05) is 25.1 Å². The fourth-order valence-corrected chi connectivity index (χ4v) is 5.09. The van der Waals surface area contributed by atoms with Crippen LogP contribution in [-0.2, 0) is 19.6 Å². The average Bonchev–Trinajstić information content (AvgIpc) is 2.83. The van der Waals surface area contributed by atoms with Crippen LogP contribution < -0.4 is 5.32 Å². The molecule has 3 aromatic carbocycles. The van der Waals surface area contributed by atoms with E-state index in [1.54, 1.807) is 30.3 Å². The normalized spacial score (nSPS) is 16.3. The van der Waals surface area contributed by atoms with Crippen molar-refractivity contribution in [2.24, 2.45) is 0 Å². The molecule has 1 saturated heterocycles. The summed E-state index contributed by atoms with van der Waals surface area (Å²) in [6.45, 7) is 3.49. The molecule has 7 heteroatoms. The predicted molar refractivity (Wildman–Crippen MR) is 126 cm³/mol. The van der Waals surface area contributed by atoms with Crippen LogP contribution in [0.25, 0.3) is 16.8 Å². The van der Waals surface area contributed by atoms with Gasteiger partial charge in [0, 0.05) is 19.2 Å². The molecule has 1 N–H and O–H groups in total. The van der Waals surface area contributed by atoms with Crippen molar-refractivity contribution in [1.82, 2.24) is 9.62 Å². The zero-order valence-electron chi connectivity index (χ0n) is 17.9. The van der Waals surface area contributed by atoms with Crippen LogP contribution in [0, 0.1) is 0 Å².